The molecule has 0 nitrogen and oxygen atoms in total. The Morgan fingerprint density at radius 3 is 1.65 bits per heavy atom. The summed E-state index contributed by atoms with van der Waals surface area (Å²) in [6, 6.07) is 63.1. The smallest absolute Gasteiger partial charge is 0.0159 e. The third kappa shape index (κ3) is 4.11. The van der Waals surface area contributed by atoms with Crippen LogP contribution >= 0.6 is 0 Å². The van der Waals surface area contributed by atoms with Crippen LogP contribution in [0.4, 0.5) is 0 Å². The van der Waals surface area contributed by atoms with Gasteiger partial charge in [-0.05, 0) is 111 Å². The molecule has 0 unspecified atom stereocenters. The molecule has 0 heteroatoms. The third-order valence-corrected chi connectivity index (χ3v) is 11.0. The van der Waals surface area contributed by atoms with Crippen LogP contribution < -0.4 is 0 Å². The van der Waals surface area contributed by atoms with Gasteiger partial charge in [0.1, 0.15) is 0 Å². The summed E-state index contributed by atoms with van der Waals surface area (Å²) in [5.74, 6) is 0. The summed E-state index contributed by atoms with van der Waals surface area (Å²) in [7, 11) is 0. The van der Waals surface area contributed by atoms with Crippen molar-refractivity contribution in [2.45, 2.75) is 19.3 Å². The van der Waals surface area contributed by atoms with Crippen LogP contribution in [-0.2, 0) is 5.41 Å². The SMILES string of the molecule is CC1(C)c2ccccc2-c2ccc(-c3ccc4c(ccc5c4ccc4c(-c6ccccc6)c6ccccc6c(-c6ccccc6)c45)c3)cc21. The van der Waals surface area contributed by atoms with Crippen LogP contribution in [0.3, 0.4) is 0 Å². The Labute approximate surface area is 286 Å². The van der Waals surface area contributed by atoms with Gasteiger partial charge in [-0.1, -0.05) is 172 Å². The molecule has 0 heterocycles. The zero-order chi connectivity index (χ0) is 32.7. The first-order valence-corrected chi connectivity index (χ1v) is 17.3. The third-order valence-electron chi connectivity index (χ3n) is 11.0. The molecule has 0 spiro atoms. The highest BCUT2D eigenvalue weighted by Gasteiger charge is 2.35. The Morgan fingerprint density at radius 1 is 0.327 bits per heavy atom. The molecular formula is C49H34. The quantitative estimate of drug-likeness (QED) is 0.136. The number of benzene rings is 9. The zero-order valence-corrected chi connectivity index (χ0v) is 27.7. The Morgan fingerprint density at radius 2 is 0.878 bits per heavy atom. The van der Waals surface area contributed by atoms with Gasteiger partial charge in [-0.15, -0.1) is 0 Å². The van der Waals surface area contributed by atoms with Crippen LogP contribution in [0.25, 0.3) is 87.6 Å². The highest BCUT2D eigenvalue weighted by Crippen LogP contribution is 2.50. The topological polar surface area (TPSA) is 0 Å². The lowest BCUT2D eigenvalue weighted by atomic mass is 9.81. The molecule has 0 N–H and O–H groups in total. The average molecular weight is 623 g/mol. The first-order chi connectivity index (χ1) is 24.1. The van der Waals surface area contributed by atoms with Gasteiger partial charge in [0.25, 0.3) is 0 Å². The van der Waals surface area contributed by atoms with Crippen LogP contribution in [0.1, 0.15) is 25.0 Å². The lowest BCUT2D eigenvalue weighted by molar-refractivity contribution is 0.660. The van der Waals surface area contributed by atoms with Gasteiger partial charge < -0.3 is 0 Å². The minimum Gasteiger partial charge on any atom is -0.0622 e. The standard InChI is InChI=1S/C49H34/c1-49(2)44-20-12-11-17-38(44)39-25-22-34(30-45(39)49)33-21-24-36-35(29-33)23-26-42-37(36)27-28-43-46(31-13-5-3-6-14-31)40-18-9-10-19-41(40)47(48(42)43)32-15-7-4-8-16-32/h3-30H,1-2H3. The van der Waals surface area contributed by atoms with Gasteiger partial charge in [0.05, 0.1) is 0 Å². The van der Waals surface area contributed by atoms with Crippen LogP contribution in [0.5, 0.6) is 0 Å². The fraction of sp³-hybridized carbons (Fsp3) is 0.0612. The monoisotopic (exact) mass is 622 g/mol. The van der Waals surface area contributed by atoms with Gasteiger partial charge in [0.2, 0.25) is 0 Å². The van der Waals surface area contributed by atoms with Crippen LogP contribution in [0.15, 0.2) is 170 Å². The van der Waals surface area contributed by atoms with Crippen molar-refractivity contribution in [2.75, 3.05) is 0 Å². The minimum atomic E-state index is -0.0186. The van der Waals surface area contributed by atoms with Crippen molar-refractivity contribution in [3.05, 3.63) is 181 Å². The Bertz CT molecular complexity index is 2770. The second-order valence-electron chi connectivity index (χ2n) is 14.0. The van der Waals surface area contributed by atoms with Gasteiger partial charge in [-0.3, -0.25) is 0 Å². The maximum absolute atomic E-state index is 2.42. The summed E-state index contributed by atoms with van der Waals surface area (Å²) < 4.78 is 0. The summed E-state index contributed by atoms with van der Waals surface area (Å²) in [6.45, 7) is 4.71. The highest BCUT2D eigenvalue weighted by molar-refractivity contribution is 6.30. The van der Waals surface area contributed by atoms with E-state index in [1.54, 1.807) is 0 Å². The van der Waals surface area contributed by atoms with Crippen molar-refractivity contribution >= 4 is 43.1 Å². The van der Waals surface area contributed by atoms with Crippen LogP contribution in [-0.4, -0.2) is 0 Å². The van der Waals surface area contributed by atoms with Crippen molar-refractivity contribution in [3.63, 3.8) is 0 Å². The second-order valence-corrected chi connectivity index (χ2v) is 14.0. The largest absolute Gasteiger partial charge is 0.0622 e. The lowest BCUT2D eigenvalue weighted by Gasteiger charge is -2.22. The lowest BCUT2D eigenvalue weighted by Crippen LogP contribution is -2.14. The van der Waals surface area contributed by atoms with Crippen LogP contribution in [0.2, 0.25) is 0 Å². The van der Waals surface area contributed by atoms with E-state index in [0.717, 1.165) is 0 Å². The fourth-order valence-electron chi connectivity index (χ4n) is 8.71. The molecule has 1 aliphatic rings. The molecular weight excluding hydrogens is 589 g/mol. The van der Waals surface area contributed by atoms with E-state index in [0.29, 0.717) is 0 Å². The van der Waals surface area contributed by atoms with E-state index < -0.39 is 0 Å². The van der Waals surface area contributed by atoms with Crippen LogP contribution in [0, 0.1) is 0 Å². The van der Waals surface area contributed by atoms with E-state index in [2.05, 4.69) is 184 Å². The first kappa shape index (κ1) is 28.1. The van der Waals surface area contributed by atoms with Gasteiger partial charge in [-0.25, -0.2) is 0 Å². The van der Waals surface area contributed by atoms with Crippen molar-refractivity contribution in [3.8, 4) is 44.5 Å². The summed E-state index contributed by atoms with van der Waals surface area (Å²) in [5.41, 5.74) is 13.1. The number of rotatable bonds is 3. The summed E-state index contributed by atoms with van der Waals surface area (Å²) in [4.78, 5) is 0. The van der Waals surface area contributed by atoms with Gasteiger partial charge in [0.15, 0.2) is 0 Å². The van der Waals surface area contributed by atoms with Crippen molar-refractivity contribution in [1.29, 1.82) is 0 Å². The molecule has 230 valence electrons. The predicted molar refractivity (Wildman–Crippen MR) is 210 cm³/mol. The van der Waals surface area contributed by atoms with E-state index in [9.17, 15) is 0 Å². The molecule has 0 aliphatic heterocycles. The molecule has 0 atom stereocenters. The zero-order valence-electron chi connectivity index (χ0n) is 27.7. The first-order valence-electron chi connectivity index (χ1n) is 17.3. The average Bonchev–Trinajstić information content (AvgIpc) is 3.39. The normalized spacial score (nSPS) is 13.3. The van der Waals surface area contributed by atoms with E-state index in [-0.39, 0.29) is 5.41 Å². The van der Waals surface area contributed by atoms with E-state index in [1.807, 2.05) is 0 Å². The molecule has 0 radical (unpaired) electrons. The van der Waals surface area contributed by atoms with Gasteiger partial charge >= 0.3 is 0 Å². The molecule has 9 aromatic carbocycles. The predicted octanol–water partition coefficient (Wildman–Crippen LogP) is 13.6. The van der Waals surface area contributed by atoms with Crippen molar-refractivity contribution in [1.82, 2.24) is 0 Å². The molecule has 0 aromatic heterocycles. The summed E-state index contributed by atoms with van der Waals surface area (Å²) in [6.07, 6.45) is 0. The molecule has 0 fully saturated rings. The maximum atomic E-state index is 2.42. The molecule has 0 bridgehead atoms. The fourth-order valence-corrected chi connectivity index (χ4v) is 8.71. The van der Waals surface area contributed by atoms with Crippen molar-refractivity contribution in [2.24, 2.45) is 0 Å². The minimum absolute atomic E-state index is 0.0186. The molecule has 0 amide bonds. The summed E-state index contributed by atoms with van der Waals surface area (Å²) in [5, 5.41) is 10.3. The van der Waals surface area contributed by atoms with E-state index >= 15 is 0 Å². The molecule has 49 heavy (non-hydrogen) atoms. The molecule has 10 rings (SSSR count). The molecule has 1 aliphatic carbocycles. The number of hydrogen-bond acceptors (Lipinski definition) is 0. The maximum Gasteiger partial charge on any atom is 0.0159 e. The van der Waals surface area contributed by atoms with Crippen molar-refractivity contribution < 1.29 is 0 Å². The molecule has 0 saturated carbocycles. The van der Waals surface area contributed by atoms with Gasteiger partial charge in [0, 0.05) is 5.41 Å². The van der Waals surface area contributed by atoms with E-state index in [1.165, 1.54) is 98.7 Å². The van der Waals surface area contributed by atoms with Gasteiger partial charge in [-0.2, -0.15) is 0 Å². The Kier molecular flexibility index (Phi) is 6.02. The molecule has 9 aromatic rings. The second kappa shape index (κ2) is 10.5. The Balaban J connectivity index is 1.22. The summed E-state index contributed by atoms with van der Waals surface area (Å²) >= 11 is 0. The number of hydrogen-bond donors (Lipinski definition) is 0. The Hall–Kier alpha value is -5.98. The number of fused-ring (bicyclic) bond motifs is 9. The van der Waals surface area contributed by atoms with E-state index in [4.69, 9.17) is 0 Å². The molecule has 0 saturated heterocycles. The highest BCUT2D eigenvalue weighted by atomic mass is 14.4.